The van der Waals surface area contributed by atoms with Gasteiger partial charge >= 0.3 is 12.1 Å². The molecule has 4 aliphatic heterocycles. The quantitative estimate of drug-likeness (QED) is 0.0787. The van der Waals surface area contributed by atoms with Crippen LogP contribution in [-0.2, 0) is 15.5 Å². The van der Waals surface area contributed by atoms with E-state index in [-0.39, 0.29) is 66.7 Å². The van der Waals surface area contributed by atoms with E-state index in [9.17, 15) is 36.6 Å². The van der Waals surface area contributed by atoms with Gasteiger partial charge < -0.3 is 39.3 Å². The van der Waals surface area contributed by atoms with Crippen LogP contribution < -0.4 is 5.32 Å². The predicted molar refractivity (Wildman–Crippen MR) is 296 cm³/mol. The third-order valence-electron chi connectivity index (χ3n) is 15.7. The van der Waals surface area contributed by atoms with Gasteiger partial charge in [-0.15, -0.1) is 0 Å². The van der Waals surface area contributed by atoms with E-state index in [4.69, 9.17) is 4.43 Å². The minimum atomic E-state index is -2.22. The number of aliphatic hydroxyl groups excluding tert-OH is 1. The largest absolute Gasteiger partial charge is 0.414 e. The fourth-order valence-electron chi connectivity index (χ4n) is 10.1. The fraction of sp³-hybridized carbons (Fsp3) is 0.483. The average molecular weight is 1140 g/mol. The second kappa shape index (κ2) is 26.6. The number of carbonyl (C=O) groups excluding carboxylic acids is 2. The van der Waals surface area contributed by atoms with E-state index in [2.05, 4.69) is 55.1 Å². The van der Waals surface area contributed by atoms with Crippen LogP contribution >= 0.6 is 15.9 Å². The summed E-state index contributed by atoms with van der Waals surface area (Å²) < 4.78 is 88.0. The first-order valence-electron chi connectivity index (χ1n) is 26.1. The molecule has 1 unspecified atom stereocenters. The first kappa shape index (κ1) is 60.2. The van der Waals surface area contributed by atoms with Gasteiger partial charge in [-0.05, 0) is 128 Å². The Labute approximate surface area is 455 Å². The van der Waals surface area contributed by atoms with Gasteiger partial charge in [0.2, 0.25) is 0 Å². The minimum Gasteiger partial charge on any atom is -0.414 e. The Kier molecular flexibility index (Phi) is 21.1. The third-order valence-corrected chi connectivity index (χ3v) is 20.5. The monoisotopic (exact) mass is 1140 g/mol. The lowest BCUT2D eigenvalue weighted by molar-refractivity contribution is 0.0676. The maximum absolute atomic E-state index is 15.0. The molecule has 4 aliphatic rings. The highest BCUT2D eigenvalue weighted by Crippen LogP contribution is 2.46. The predicted octanol–water partition coefficient (Wildman–Crippen LogP) is 11.8. The fourth-order valence-corrected chi connectivity index (χ4v) is 11.2. The van der Waals surface area contributed by atoms with Gasteiger partial charge in [0.15, 0.2) is 8.32 Å². The van der Waals surface area contributed by atoms with Crippen molar-refractivity contribution in [1.29, 1.82) is 0 Å². The lowest BCUT2D eigenvalue weighted by atomic mass is 9.89. The molecule has 4 aromatic carbocycles. The smallest absolute Gasteiger partial charge is 0.321 e. The Morgan fingerprint density at radius 1 is 0.711 bits per heavy atom. The SMILES string of the molecule is CN(C(=O)N1CC(c2cc(F)ccc2F)=CC1(CO[Si](C)(C)C(C)(C)C)c1ccccc1)C1CCNCC1.CN(C(=O)N1CC(c2cc(F)ccc2F)=C[C@@]1(CO)c1ccccc1)C1CCN(CCF)CC1.FCCBr. The highest BCUT2D eigenvalue weighted by atomic mass is 79.9. The molecule has 2 atom stereocenters. The van der Waals surface area contributed by atoms with Gasteiger partial charge in [0.05, 0.1) is 19.9 Å². The Morgan fingerprint density at radius 2 is 1.14 bits per heavy atom. The maximum Gasteiger partial charge on any atom is 0.321 e. The molecule has 414 valence electrons. The van der Waals surface area contributed by atoms with E-state index in [1.54, 1.807) is 22.9 Å². The van der Waals surface area contributed by atoms with Crippen molar-refractivity contribution in [1.82, 2.24) is 29.8 Å². The number of rotatable bonds is 13. The van der Waals surface area contributed by atoms with Crippen LogP contribution in [0.2, 0.25) is 18.1 Å². The summed E-state index contributed by atoms with van der Waals surface area (Å²) in [7, 11) is 1.36. The lowest BCUT2D eigenvalue weighted by Gasteiger charge is -2.45. The highest BCUT2D eigenvalue weighted by molar-refractivity contribution is 9.09. The summed E-state index contributed by atoms with van der Waals surface area (Å²) in [4.78, 5) is 36.9. The normalized spacial score (nSPS) is 20.5. The zero-order valence-corrected chi connectivity index (χ0v) is 47.5. The highest BCUT2D eigenvalue weighted by Gasteiger charge is 2.50. The number of aliphatic hydroxyl groups is 1. The van der Waals surface area contributed by atoms with Crippen LogP contribution in [0.3, 0.4) is 0 Å². The summed E-state index contributed by atoms with van der Waals surface area (Å²) in [6.07, 6.45) is 6.78. The molecule has 4 aromatic rings. The number of carbonyl (C=O) groups is 2. The standard InChI is InChI=1S/C30H41F2N3O2Si.C26H30F3N3O2.C2H4BrF/c1-29(2,3)38(5,6)37-21-30(23-10-8-7-9-11-23)19-22(26-18-24(31)12-13-27(26)32)20-35(30)28(36)34(4)25-14-16-33-17-15-25;1-30(22-9-12-31(13-10-22)14-11-27)25(34)32-17-19(23-15-21(28)7-8-24(23)29)16-26(32,18-33)20-5-3-2-4-6-20;3-1-2-4/h7-13,18-19,25,33H,14-17,20-21H2,1-6H3;2-8,15-16,22,33H,9-14,17-18H2,1H3;1-2H2/t;26-;/m.1./s1. The maximum atomic E-state index is 15.0. The number of alkyl halides is 3. The molecule has 76 heavy (non-hydrogen) atoms. The zero-order valence-electron chi connectivity index (χ0n) is 44.9. The second-order valence-electron chi connectivity index (χ2n) is 21.5. The first-order chi connectivity index (χ1) is 36.2. The molecular formula is C58H75BrF6N6O4Si. The van der Waals surface area contributed by atoms with Crippen molar-refractivity contribution in [3.63, 3.8) is 0 Å². The van der Waals surface area contributed by atoms with Crippen molar-refractivity contribution in [3.8, 4) is 0 Å². The first-order valence-corrected chi connectivity index (χ1v) is 30.1. The van der Waals surface area contributed by atoms with Crippen LogP contribution in [0.15, 0.2) is 109 Å². The molecule has 4 amide bonds. The zero-order chi connectivity index (χ0) is 55.4. The van der Waals surface area contributed by atoms with Gasteiger partial charge in [0, 0.05) is 75.4 Å². The summed E-state index contributed by atoms with van der Waals surface area (Å²) in [5, 5.41) is 14.4. The van der Waals surface area contributed by atoms with E-state index >= 15 is 4.39 Å². The molecule has 0 aromatic heterocycles. The molecule has 8 rings (SSSR count). The van der Waals surface area contributed by atoms with Crippen LogP contribution in [0.1, 0.15) is 68.7 Å². The van der Waals surface area contributed by atoms with Crippen LogP contribution in [0.5, 0.6) is 0 Å². The van der Waals surface area contributed by atoms with Crippen LogP contribution in [0.4, 0.5) is 35.9 Å². The number of urea groups is 2. The van der Waals surface area contributed by atoms with Crippen molar-refractivity contribution in [2.75, 3.05) is 91.8 Å². The van der Waals surface area contributed by atoms with Crippen molar-refractivity contribution in [2.24, 2.45) is 0 Å². The van der Waals surface area contributed by atoms with Crippen LogP contribution in [0.25, 0.3) is 11.1 Å². The van der Waals surface area contributed by atoms with Gasteiger partial charge in [-0.3, -0.25) is 4.39 Å². The summed E-state index contributed by atoms with van der Waals surface area (Å²) in [6, 6.07) is 25.2. The topological polar surface area (TPSA) is 91.8 Å². The number of amides is 4. The Balaban J connectivity index is 0.000000232. The van der Waals surface area contributed by atoms with Gasteiger partial charge in [0.1, 0.15) is 41.0 Å². The number of halogens is 7. The molecule has 2 fully saturated rings. The van der Waals surface area contributed by atoms with E-state index < -0.39 is 55.9 Å². The Hall–Kier alpha value is -4.98. The van der Waals surface area contributed by atoms with Crippen LogP contribution in [-0.4, -0.2) is 154 Å². The summed E-state index contributed by atoms with van der Waals surface area (Å²) >= 11 is 2.87. The van der Waals surface area contributed by atoms with E-state index in [0.29, 0.717) is 54.5 Å². The summed E-state index contributed by atoms with van der Waals surface area (Å²) in [5.41, 5.74) is 0.662. The lowest BCUT2D eigenvalue weighted by Crippen LogP contribution is -2.57. The molecule has 0 saturated carbocycles. The van der Waals surface area contributed by atoms with Gasteiger partial charge in [-0.1, -0.05) is 97.4 Å². The molecule has 2 N–H and O–H groups in total. The van der Waals surface area contributed by atoms with E-state index in [1.165, 1.54) is 11.0 Å². The molecule has 0 aliphatic carbocycles. The number of piperidine rings is 2. The number of hydrogen-bond donors (Lipinski definition) is 2. The number of benzene rings is 4. The van der Waals surface area contributed by atoms with Crippen molar-refractivity contribution >= 4 is 47.5 Å². The Morgan fingerprint density at radius 3 is 1.58 bits per heavy atom. The number of hydrogen-bond acceptors (Lipinski definition) is 6. The molecular weight excluding hydrogens is 1070 g/mol. The average Bonchev–Trinajstić information content (AvgIpc) is 4.03. The van der Waals surface area contributed by atoms with E-state index in [1.807, 2.05) is 83.6 Å². The third kappa shape index (κ3) is 13.8. The van der Waals surface area contributed by atoms with Gasteiger partial charge in [-0.2, -0.15) is 0 Å². The summed E-state index contributed by atoms with van der Waals surface area (Å²) in [6.45, 7) is 13.8. The van der Waals surface area contributed by atoms with Crippen molar-refractivity contribution in [3.05, 3.63) is 155 Å². The molecule has 0 bridgehead atoms. The minimum absolute atomic E-state index is 0.0275. The Bertz CT molecular complexity index is 2610. The van der Waals surface area contributed by atoms with Gasteiger partial charge in [0.25, 0.3) is 0 Å². The van der Waals surface area contributed by atoms with Crippen LogP contribution in [0, 0.1) is 23.3 Å². The van der Waals surface area contributed by atoms with E-state index in [0.717, 1.165) is 61.8 Å². The molecule has 0 radical (unpaired) electrons. The second-order valence-corrected chi connectivity index (χ2v) is 27.1. The molecule has 2 saturated heterocycles. The van der Waals surface area contributed by atoms with Crippen molar-refractivity contribution < 1.29 is 45.5 Å². The molecule has 10 nitrogen and oxygen atoms in total. The molecule has 0 spiro atoms. The number of nitrogens with one attached hydrogen (secondary N) is 1. The van der Waals surface area contributed by atoms with Gasteiger partial charge in [-0.25, -0.2) is 31.5 Å². The molecule has 18 heteroatoms. The summed E-state index contributed by atoms with van der Waals surface area (Å²) in [5.74, 6) is -2.18. The number of likely N-dealkylation sites (tertiary alicyclic amines) is 1. The van der Waals surface area contributed by atoms with Crippen molar-refractivity contribution in [2.45, 2.75) is 87.7 Å². The molecule has 4 heterocycles. The number of nitrogens with zero attached hydrogens (tertiary/aromatic N) is 5.